The summed E-state index contributed by atoms with van der Waals surface area (Å²) in [6.07, 6.45) is -0.465. The molecular formula is C11H15NO4. The molecule has 1 aromatic rings. The molecule has 0 aliphatic rings. The summed E-state index contributed by atoms with van der Waals surface area (Å²) in [5.74, 6) is 0.677. The molecule has 16 heavy (non-hydrogen) atoms. The van der Waals surface area contributed by atoms with E-state index in [1.807, 2.05) is 0 Å². The lowest BCUT2D eigenvalue weighted by Crippen LogP contribution is -2.13. The van der Waals surface area contributed by atoms with Gasteiger partial charge in [0.2, 0.25) is 0 Å². The predicted octanol–water partition coefficient (Wildman–Crippen LogP) is 2.24. The van der Waals surface area contributed by atoms with Crippen LogP contribution in [0.25, 0.3) is 0 Å². The SMILES string of the molecule is CCOC(=O)Nc1ccc(OCOC)cc1. The Hall–Kier alpha value is -1.75. The number of rotatable bonds is 5. The van der Waals surface area contributed by atoms with E-state index in [0.29, 0.717) is 18.0 Å². The van der Waals surface area contributed by atoms with Crippen LogP contribution in [-0.2, 0) is 9.47 Å². The van der Waals surface area contributed by atoms with Crippen LogP contribution in [0, 0.1) is 0 Å². The highest BCUT2D eigenvalue weighted by atomic mass is 16.7. The molecule has 0 bridgehead atoms. The molecule has 0 heterocycles. The molecule has 1 amide bonds. The van der Waals surface area contributed by atoms with E-state index < -0.39 is 6.09 Å². The zero-order chi connectivity index (χ0) is 11.8. The van der Waals surface area contributed by atoms with Crippen LogP contribution in [0.1, 0.15) is 6.92 Å². The van der Waals surface area contributed by atoms with Crippen molar-refractivity contribution in [2.24, 2.45) is 0 Å². The van der Waals surface area contributed by atoms with E-state index in [1.165, 1.54) is 0 Å². The smallest absolute Gasteiger partial charge is 0.411 e. The summed E-state index contributed by atoms with van der Waals surface area (Å²) in [5, 5.41) is 2.58. The van der Waals surface area contributed by atoms with Gasteiger partial charge in [-0.2, -0.15) is 0 Å². The van der Waals surface area contributed by atoms with E-state index in [0.717, 1.165) is 0 Å². The molecule has 0 aliphatic heterocycles. The number of carbonyl (C=O) groups excluding carboxylic acids is 1. The summed E-state index contributed by atoms with van der Waals surface area (Å²) in [6, 6.07) is 6.92. The van der Waals surface area contributed by atoms with E-state index >= 15 is 0 Å². The zero-order valence-corrected chi connectivity index (χ0v) is 9.36. The molecule has 0 fully saturated rings. The van der Waals surface area contributed by atoms with Gasteiger partial charge in [0, 0.05) is 12.8 Å². The minimum atomic E-state index is -0.465. The molecule has 0 aliphatic carbocycles. The highest BCUT2D eigenvalue weighted by Gasteiger charge is 2.01. The summed E-state index contributed by atoms with van der Waals surface area (Å²) in [6.45, 7) is 2.30. The van der Waals surface area contributed by atoms with Gasteiger partial charge in [0.25, 0.3) is 0 Å². The molecule has 0 spiro atoms. The van der Waals surface area contributed by atoms with Crippen LogP contribution in [0.3, 0.4) is 0 Å². The lowest BCUT2D eigenvalue weighted by molar-refractivity contribution is 0.0511. The molecule has 0 aromatic heterocycles. The van der Waals surface area contributed by atoms with E-state index in [9.17, 15) is 4.79 Å². The third-order valence-corrected chi connectivity index (χ3v) is 1.72. The Morgan fingerprint density at radius 1 is 1.31 bits per heavy atom. The maximum atomic E-state index is 11.1. The summed E-state index contributed by atoms with van der Waals surface area (Å²) in [5.41, 5.74) is 0.656. The standard InChI is InChI=1S/C11H15NO4/c1-3-15-11(13)12-9-4-6-10(7-5-9)16-8-14-2/h4-7H,3,8H2,1-2H3,(H,12,13). The van der Waals surface area contributed by atoms with Crippen LogP contribution in [0.4, 0.5) is 10.5 Å². The van der Waals surface area contributed by atoms with Crippen molar-refractivity contribution < 1.29 is 19.0 Å². The quantitative estimate of drug-likeness (QED) is 0.781. The number of ether oxygens (including phenoxy) is 3. The molecular weight excluding hydrogens is 210 g/mol. The van der Waals surface area contributed by atoms with Gasteiger partial charge in [0.05, 0.1) is 6.61 Å². The third kappa shape index (κ3) is 4.18. The molecule has 0 radical (unpaired) electrons. The van der Waals surface area contributed by atoms with Gasteiger partial charge >= 0.3 is 6.09 Å². The number of hydrogen-bond acceptors (Lipinski definition) is 4. The third-order valence-electron chi connectivity index (χ3n) is 1.72. The fraction of sp³-hybridized carbons (Fsp3) is 0.364. The van der Waals surface area contributed by atoms with Crippen molar-refractivity contribution in [3.05, 3.63) is 24.3 Å². The fourth-order valence-electron chi connectivity index (χ4n) is 1.05. The Morgan fingerprint density at radius 3 is 2.56 bits per heavy atom. The first-order chi connectivity index (χ1) is 7.76. The number of methoxy groups -OCH3 is 1. The second-order valence-electron chi connectivity index (χ2n) is 2.92. The molecule has 0 unspecified atom stereocenters. The molecule has 0 atom stereocenters. The molecule has 0 saturated carbocycles. The van der Waals surface area contributed by atoms with Gasteiger partial charge in [0.15, 0.2) is 6.79 Å². The average Bonchev–Trinajstić information content (AvgIpc) is 2.28. The van der Waals surface area contributed by atoms with Gasteiger partial charge in [-0.1, -0.05) is 0 Å². The summed E-state index contributed by atoms with van der Waals surface area (Å²) >= 11 is 0. The Labute approximate surface area is 94.3 Å². The molecule has 88 valence electrons. The first-order valence-corrected chi connectivity index (χ1v) is 4.92. The maximum Gasteiger partial charge on any atom is 0.411 e. The maximum absolute atomic E-state index is 11.1. The Kier molecular flexibility index (Phi) is 5.15. The highest BCUT2D eigenvalue weighted by molar-refractivity contribution is 5.84. The van der Waals surface area contributed by atoms with Crippen molar-refractivity contribution >= 4 is 11.8 Å². The molecule has 1 aromatic carbocycles. The fourth-order valence-corrected chi connectivity index (χ4v) is 1.05. The molecule has 1 rings (SSSR count). The predicted molar refractivity (Wildman–Crippen MR) is 59.6 cm³/mol. The molecule has 5 nitrogen and oxygen atoms in total. The molecule has 1 N–H and O–H groups in total. The highest BCUT2D eigenvalue weighted by Crippen LogP contribution is 2.15. The van der Waals surface area contributed by atoms with Gasteiger partial charge in [-0.15, -0.1) is 0 Å². The summed E-state index contributed by atoms with van der Waals surface area (Å²) < 4.78 is 14.7. The van der Waals surface area contributed by atoms with Gasteiger partial charge in [-0.3, -0.25) is 5.32 Å². The van der Waals surface area contributed by atoms with Crippen LogP contribution in [0.5, 0.6) is 5.75 Å². The average molecular weight is 225 g/mol. The van der Waals surface area contributed by atoms with Crippen molar-refractivity contribution in [2.45, 2.75) is 6.92 Å². The monoisotopic (exact) mass is 225 g/mol. The number of nitrogens with one attached hydrogen (secondary N) is 1. The van der Waals surface area contributed by atoms with Gasteiger partial charge in [0.1, 0.15) is 5.75 Å². The van der Waals surface area contributed by atoms with E-state index in [-0.39, 0.29) is 6.79 Å². The van der Waals surface area contributed by atoms with Gasteiger partial charge in [-0.25, -0.2) is 4.79 Å². The van der Waals surface area contributed by atoms with Gasteiger partial charge < -0.3 is 14.2 Å². The summed E-state index contributed by atoms with van der Waals surface area (Å²) in [4.78, 5) is 11.1. The van der Waals surface area contributed by atoms with Crippen molar-refractivity contribution in [3.8, 4) is 5.75 Å². The second-order valence-corrected chi connectivity index (χ2v) is 2.92. The number of carbonyl (C=O) groups is 1. The van der Waals surface area contributed by atoms with E-state index in [2.05, 4.69) is 5.32 Å². The van der Waals surface area contributed by atoms with E-state index in [1.54, 1.807) is 38.3 Å². The van der Waals surface area contributed by atoms with Gasteiger partial charge in [-0.05, 0) is 31.2 Å². The van der Waals surface area contributed by atoms with E-state index in [4.69, 9.17) is 14.2 Å². The first-order valence-electron chi connectivity index (χ1n) is 4.92. The van der Waals surface area contributed by atoms with Crippen molar-refractivity contribution in [3.63, 3.8) is 0 Å². The topological polar surface area (TPSA) is 56.8 Å². The van der Waals surface area contributed by atoms with Crippen LogP contribution in [0.15, 0.2) is 24.3 Å². The Bertz CT molecular complexity index is 323. The van der Waals surface area contributed by atoms with Crippen LogP contribution >= 0.6 is 0 Å². The van der Waals surface area contributed by atoms with Crippen molar-refractivity contribution in [1.29, 1.82) is 0 Å². The largest absolute Gasteiger partial charge is 0.468 e. The van der Waals surface area contributed by atoms with Crippen LogP contribution in [-0.4, -0.2) is 26.6 Å². The number of hydrogen-bond donors (Lipinski definition) is 1. The normalized spacial score (nSPS) is 9.62. The van der Waals surface area contributed by atoms with Crippen molar-refractivity contribution in [2.75, 3.05) is 25.8 Å². The molecule has 5 heteroatoms. The second kappa shape index (κ2) is 6.68. The van der Waals surface area contributed by atoms with Crippen LogP contribution in [0.2, 0.25) is 0 Å². The number of amides is 1. The minimum Gasteiger partial charge on any atom is -0.468 e. The number of benzene rings is 1. The van der Waals surface area contributed by atoms with Crippen molar-refractivity contribution in [1.82, 2.24) is 0 Å². The lowest BCUT2D eigenvalue weighted by atomic mass is 10.3. The summed E-state index contributed by atoms with van der Waals surface area (Å²) in [7, 11) is 1.55. The zero-order valence-electron chi connectivity index (χ0n) is 9.36. The number of anilines is 1. The van der Waals surface area contributed by atoms with Crippen LogP contribution < -0.4 is 10.1 Å². The lowest BCUT2D eigenvalue weighted by Gasteiger charge is -2.07. The first kappa shape index (κ1) is 12.3. The Balaban J connectivity index is 2.47. The molecule has 0 saturated heterocycles. The Morgan fingerprint density at radius 2 is 2.00 bits per heavy atom. The minimum absolute atomic E-state index is 0.199.